The summed E-state index contributed by atoms with van der Waals surface area (Å²) in [5.74, 6) is 0.584. The zero-order valence-electron chi connectivity index (χ0n) is 21.5. The average Bonchev–Trinajstić information content (AvgIpc) is 2.95. The lowest BCUT2D eigenvalue weighted by atomic mass is 9.82. The number of aldehydes is 1. The first kappa shape index (κ1) is 28.4. The van der Waals surface area contributed by atoms with Gasteiger partial charge in [0.2, 0.25) is 0 Å². The third kappa shape index (κ3) is 6.70. The summed E-state index contributed by atoms with van der Waals surface area (Å²) in [6.45, 7) is 3.12. The lowest BCUT2D eigenvalue weighted by Crippen LogP contribution is -2.45. The molecule has 202 valence electrons. The molecule has 0 amide bonds. The summed E-state index contributed by atoms with van der Waals surface area (Å²) in [6, 6.07) is 30.7. The molecule has 0 heterocycles. The molecule has 0 bridgehead atoms. The van der Waals surface area contributed by atoms with Gasteiger partial charge in [0.25, 0.3) is 0 Å². The molecule has 0 aliphatic heterocycles. The zero-order chi connectivity index (χ0) is 27.9. The van der Waals surface area contributed by atoms with Crippen LogP contribution in [0.4, 0.5) is 13.2 Å². The van der Waals surface area contributed by atoms with Gasteiger partial charge in [-0.05, 0) is 48.2 Å². The van der Waals surface area contributed by atoms with Crippen molar-refractivity contribution in [2.75, 3.05) is 13.2 Å². The Morgan fingerprint density at radius 2 is 1.46 bits per heavy atom. The van der Waals surface area contributed by atoms with Gasteiger partial charge in [-0.2, -0.15) is 13.2 Å². The standard InChI is InChI=1S/C32H29ClF3NO2/c1-31(26-13-4-2-5-14-26,27-15-6-3-7-16-27)37(19-10-20-39-28-17-8-11-24(21-28)23-38)22-25-12-9-18-29(30(25)33)32(34,35)36/h2-9,11-18,21,23H,10,19-20,22H2,1H3. The van der Waals surface area contributed by atoms with Crippen molar-refractivity contribution in [2.24, 2.45) is 0 Å². The van der Waals surface area contributed by atoms with Crippen LogP contribution in [0.1, 0.15) is 46.0 Å². The molecule has 0 saturated carbocycles. The molecule has 0 spiro atoms. The molecule has 0 aliphatic carbocycles. The number of nitrogens with zero attached hydrogens (tertiary/aromatic N) is 1. The highest BCUT2D eigenvalue weighted by Crippen LogP contribution is 2.40. The highest BCUT2D eigenvalue weighted by atomic mass is 35.5. The summed E-state index contributed by atoms with van der Waals surface area (Å²) in [5, 5.41) is -0.291. The smallest absolute Gasteiger partial charge is 0.417 e. The summed E-state index contributed by atoms with van der Waals surface area (Å²) in [5.41, 5.74) is 1.38. The van der Waals surface area contributed by atoms with E-state index in [9.17, 15) is 18.0 Å². The van der Waals surface area contributed by atoms with E-state index < -0.39 is 17.3 Å². The Hall–Kier alpha value is -3.61. The molecule has 4 aromatic rings. The molecule has 0 fully saturated rings. The summed E-state index contributed by atoms with van der Waals surface area (Å²) >= 11 is 6.35. The van der Waals surface area contributed by atoms with Gasteiger partial charge in [0.15, 0.2) is 0 Å². The van der Waals surface area contributed by atoms with Gasteiger partial charge in [-0.1, -0.05) is 96.5 Å². The number of carbonyl (C=O) groups is 1. The molecule has 0 aliphatic rings. The largest absolute Gasteiger partial charge is 0.494 e. The van der Waals surface area contributed by atoms with E-state index in [1.807, 2.05) is 60.7 Å². The number of alkyl halides is 3. The van der Waals surface area contributed by atoms with Crippen molar-refractivity contribution in [3.05, 3.63) is 136 Å². The van der Waals surface area contributed by atoms with Crippen LogP contribution in [0.3, 0.4) is 0 Å². The maximum Gasteiger partial charge on any atom is 0.417 e. The molecular weight excluding hydrogens is 523 g/mol. The number of halogens is 4. The van der Waals surface area contributed by atoms with Crippen molar-refractivity contribution >= 4 is 17.9 Å². The second kappa shape index (κ2) is 12.5. The van der Waals surface area contributed by atoms with E-state index in [1.165, 1.54) is 6.07 Å². The Labute approximate surface area is 231 Å². The first-order valence-corrected chi connectivity index (χ1v) is 13.0. The van der Waals surface area contributed by atoms with Crippen LogP contribution >= 0.6 is 11.6 Å². The predicted molar refractivity (Wildman–Crippen MR) is 148 cm³/mol. The van der Waals surface area contributed by atoms with Crippen LogP contribution in [0.2, 0.25) is 5.02 Å². The number of carbonyl (C=O) groups excluding carboxylic acids is 1. The van der Waals surface area contributed by atoms with Crippen molar-refractivity contribution in [1.29, 1.82) is 0 Å². The van der Waals surface area contributed by atoms with E-state index in [0.29, 0.717) is 36.4 Å². The molecule has 0 radical (unpaired) electrons. The molecular formula is C32H29ClF3NO2. The van der Waals surface area contributed by atoms with Gasteiger partial charge in [0.05, 0.1) is 22.7 Å². The Morgan fingerprint density at radius 1 is 0.846 bits per heavy atom. The first-order chi connectivity index (χ1) is 18.7. The maximum atomic E-state index is 13.7. The van der Waals surface area contributed by atoms with Gasteiger partial charge in [0, 0.05) is 18.7 Å². The van der Waals surface area contributed by atoms with E-state index in [1.54, 1.807) is 30.3 Å². The highest BCUT2D eigenvalue weighted by Gasteiger charge is 2.37. The Kier molecular flexibility index (Phi) is 9.10. The second-order valence-corrected chi connectivity index (χ2v) is 9.77. The number of hydrogen-bond acceptors (Lipinski definition) is 3. The Balaban J connectivity index is 1.69. The lowest BCUT2D eigenvalue weighted by Gasteiger charge is -2.43. The van der Waals surface area contributed by atoms with Gasteiger partial charge < -0.3 is 4.74 Å². The number of hydrogen-bond donors (Lipinski definition) is 0. The van der Waals surface area contributed by atoms with E-state index in [0.717, 1.165) is 23.5 Å². The molecule has 4 rings (SSSR count). The molecule has 0 aromatic heterocycles. The fraction of sp³-hybridized carbons (Fsp3) is 0.219. The van der Waals surface area contributed by atoms with Gasteiger partial charge in [-0.3, -0.25) is 9.69 Å². The molecule has 0 atom stereocenters. The van der Waals surface area contributed by atoms with Crippen molar-refractivity contribution in [3.8, 4) is 5.75 Å². The van der Waals surface area contributed by atoms with Crippen molar-refractivity contribution in [1.82, 2.24) is 4.90 Å². The van der Waals surface area contributed by atoms with Crippen molar-refractivity contribution in [2.45, 2.75) is 31.6 Å². The molecule has 0 saturated heterocycles. The van der Waals surface area contributed by atoms with Crippen molar-refractivity contribution < 1.29 is 22.7 Å². The van der Waals surface area contributed by atoms with E-state index in [-0.39, 0.29) is 11.6 Å². The SMILES string of the molecule is CC(c1ccccc1)(c1ccccc1)N(CCCOc1cccc(C=O)c1)Cc1cccc(C(F)(F)F)c1Cl. The summed E-state index contributed by atoms with van der Waals surface area (Å²) in [6.07, 6.45) is -3.21. The summed E-state index contributed by atoms with van der Waals surface area (Å²) in [7, 11) is 0. The van der Waals surface area contributed by atoms with Gasteiger partial charge in [-0.25, -0.2) is 0 Å². The van der Waals surface area contributed by atoms with Crippen LogP contribution in [-0.2, 0) is 18.3 Å². The van der Waals surface area contributed by atoms with Crippen LogP contribution in [0.25, 0.3) is 0 Å². The van der Waals surface area contributed by atoms with Gasteiger partial charge in [0.1, 0.15) is 12.0 Å². The predicted octanol–water partition coefficient (Wildman–Crippen LogP) is 8.41. The highest BCUT2D eigenvalue weighted by molar-refractivity contribution is 6.32. The van der Waals surface area contributed by atoms with E-state index in [4.69, 9.17) is 16.3 Å². The minimum Gasteiger partial charge on any atom is -0.494 e. The zero-order valence-corrected chi connectivity index (χ0v) is 22.3. The fourth-order valence-corrected chi connectivity index (χ4v) is 5.06. The third-order valence-electron chi connectivity index (χ3n) is 6.88. The minimum absolute atomic E-state index is 0.184. The van der Waals surface area contributed by atoms with E-state index in [2.05, 4.69) is 11.8 Å². The average molecular weight is 552 g/mol. The fourth-order valence-electron chi connectivity index (χ4n) is 4.77. The molecule has 7 heteroatoms. The van der Waals surface area contributed by atoms with Crippen LogP contribution in [-0.4, -0.2) is 24.3 Å². The maximum absolute atomic E-state index is 13.7. The van der Waals surface area contributed by atoms with Gasteiger partial charge in [-0.15, -0.1) is 0 Å². The summed E-state index contributed by atoms with van der Waals surface area (Å²) in [4.78, 5) is 13.2. The Bertz CT molecular complexity index is 1340. The van der Waals surface area contributed by atoms with Crippen LogP contribution in [0.15, 0.2) is 103 Å². The van der Waals surface area contributed by atoms with Crippen LogP contribution in [0.5, 0.6) is 5.75 Å². The Morgan fingerprint density at radius 3 is 2.05 bits per heavy atom. The lowest BCUT2D eigenvalue weighted by molar-refractivity contribution is -0.137. The van der Waals surface area contributed by atoms with Crippen LogP contribution in [0, 0.1) is 0 Å². The molecule has 0 unspecified atom stereocenters. The summed E-state index contributed by atoms with van der Waals surface area (Å²) < 4.78 is 46.9. The molecule has 4 aromatic carbocycles. The molecule has 3 nitrogen and oxygen atoms in total. The molecule has 39 heavy (non-hydrogen) atoms. The second-order valence-electron chi connectivity index (χ2n) is 9.39. The monoisotopic (exact) mass is 551 g/mol. The normalized spacial score (nSPS) is 11.9. The number of ether oxygens (including phenoxy) is 1. The van der Waals surface area contributed by atoms with E-state index >= 15 is 0 Å². The van der Waals surface area contributed by atoms with Crippen LogP contribution < -0.4 is 4.74 Å². The first-order valence-electron chi connectivity index (χ1n) is 12.6. The minimum atomic E-state index is -4.55. The van der Waals surface area contributed by atoms with Gasteiger partial charge >= 0.3 is 6.18 Å². The van der Waals surface area contributed by atoms with Crippen molar-refractivity contribution in [3.63, 3.8) is 0 Å². The topological polar surface area (TPSA) is 29.5 Å². The quantitative estimate of drug-likeness (QED) is 0.138. The number of benzene rings is 4. The number of rotatable bonds is 11. The molecule has 0 N–H and O–H groups in total. The third-order valence-corrected chi connectivity index (χ3v) is 7.33.